The molecule has 0 saturated heterocycles. The Bertz CT molecular complexity index is 1170. The number of ether oxygens (including phenoxy) is 2. The van der Waals surface area contributed by atoms with Crippen LogP contribution in [0.5, 0.6) is 0 Å². The Morgan fingerprint density at radius 1 is 0.582 bits per heavy atom. The number of carboxylic acids is 1. The van der Waals surface area contributed by atoms with Gasteiger partial charge in [0.1, 0.15) is 12.6 Å². The van der Waals surface area contributed by atoms with Crippen LogP contribution in [0.1, 0.15) is 162 Å². The molecule has 3 atom stereocenters. The molecule has 0 heterocycles. The highest BCUT2D eigenvalue weighted by Gasteiger charge is 2.28. The first kappa shape index (κ1) is 52.2. The number of carbonyl (C=O) groups excluding carboxylic acids is 2. The third-order valence-corrected chi connectivity index (χ3v) is 9.46. The molecule has 0 aliphatic heterocycles. The molecular formula is C43H74NO10P. The van der Waals surface area contributed by atoms with Crippen LogP contribution in [0.4, 0.5) is 0 Å². The summed E-state index contributed by atoms with van der Waals surface area (Å²) < 4.78 is 32.5. The van der Waals surface area contributed by atoms with E-state index in [4.69, 9.17) is 24.8 Å². The molecule has 11 nitrogen and oxygen atoms in total. The summed E-state index contributed by atoms with van der Waals surface area (Å²) in [4.78, 5) is 45.8. The zero-order chi connectivity index (χ0) is 40.7. The van der Waals surface area contributed by atoms with Crippen molar-refractivity contribution >= 4 is 25.7 Å². The monoisotopic (exact) mass is 796 g/mol. The number of nitrogens with two attached hydrogens (primary N) is 1. The molecule has 0 spiro atoms. The number of phosphoric ester groups is 1. The molecule has 0 aromatic rings. The van der Waals surface area contributed by atoms with Crippen LogP contribution in [-0.4, -0.2) is 59.9 Å². The lowest BCUT2D eigenvalue weighted by molar-refractivity contribution is -0.161. The molecule has 0 radical (unpaired) electrons. The molecule has 0 rings (SSSR count). The number of hydrogen-bond acceptors (Lipinski definition) is 9. The van der Waals surface area contributed by atoms with Gasteiger partial charge in [-0.15, -0.1) is 0 Å². The van der Waals surface area contributed by atoms with Crippen LogP contribution in [-0.2, 0) is 37.5 Å². The van der Waals surface area contributed by atoms with Crippen LogP contribution >= 0.6 is 7.82 Å². The summed E-state index contributed by atoms with van der Waals surface area (Å²) in [6.07, 6.45) is 43.1. The molecule has 12 heteroatoms. The molecule has 0 aliphatic carbocycles. The minimum atomic E-state index is -4.73. The number of aliphatic carboxylic acids is 1. The third kappa shape index (κ3) is 37.9. The molecule has 0 aromatic heterocycles. The molecule has 0 amide bonds. The summed E-state index contributed by atoms with van der Waals surface area (Å²) in [5.74, 6) is -2.49. The topological polar surface area (TPSA) is 172 Å². The first-order valence-corrected chi connectivity index (χ1v) is 22.3. The quantitative estimate of drug-likeness (QED) is 0.0235. The Morgan fingerprint density at radius 2 is 1.05 bits per heavy atom. The first-order valence-electron chi connectivity index (χ1n) is 20.8. The van der Waals surface area contributed by atoms with Crippen molar-refractivity contribution in [2.24, 2.45) is 5.73 Å². The van der Waals surface area contributed by atoms with Gasteiger partial charge in [-0.2, -0.15) is 0 Å². The number of esters is 2. The number of rotatable bonds is 38. The molecule has 55 heavy (non-hydrogen) atoms. The summed E-state index contributed by atoms with van der Waals surface area (Å²) in [7, 11) is -4.73. The Hall–Kier alpha value is -2.82. The lowest BCUT2D eigenvalue weighted by Gasteiger charge is -2.20. The predicted octanol–water partition coefficient (Wildman–Crippen LogP) is 10.8. The van der Waals surface area contributed by atoms with Gasteiger partial charge in [0.25, 0.3) is 0 Å². The maximum atomic E-state index is 12.5. The first-order chi connectivity index (χ1) is 26.6. The van der Waals surface area contributed by atoms with Gasteiger partial charge in [0.15, 0.2) is 6.10 Å². The Morgan fingerprint density at radius 3 is 1.60 bits per heavy atom. The van der Waals surface area contributed by atoms with Crippen molar-refractivity contribution in [2.45, 2.75) is 174 Å². The fourth-order valence-corrected chi connectivity index (χ4v) is 6.03. The number of unbranched alkanes of at least 4 members (excludes halogenated alkanes) is 14. The molecule has 0 bridgehead atoms. The van der Waals surface area contributed by atoms with E-state index in [0.717, 1.165) is 51.4 Å². The summed E-state index contributed by atoms with van der Waals surface area (Å²) in [6, 6.07) is -1.53. The van der Waals surface area contributed by atoms with Crippen molar-refractivity contribution in [2.75, 3.05) is 19.8 Å². The smallest absolute Gasteiger partial charge is 0.472 e. The Kier molecular flexibility index (Phi) is 36.1. The molecule has 0 aliphatic rings. The highest BCUT2D eigenvalue weighted by molar-refractivity contribution is 7.47. The summed E-state index contributed by atoms with van der Waals surface area (Å²) in [5, 5.41) is 8.87. The molecule has 0 fully saturated rings. The second kappa shape index (κ2) is 38.1. The van der Waals surface area contributed by atoms with E-state index in [0.29, 0.717) is 12.8 Å². The predicted molar refractivity (Wildman–Crippen MR) is 221 cm³/mol. The maximum absolute atomic E-state index is 12.5. The second-order valence-corrected chi connectivity index (χ2v) is 15.2. The maximum Gasteiger partial charge on any atom is 0.472 e. The fraction of sp³-hybridized carbons (Fsp3) is 0.698. The van der Waals surface area contributed by atoms with Gasteiger partial charge in [-0.25, -0.2) is 4.57 Å². The van der Waals surface area contributed by atoms with Crippen LogP contribution < -0.4 is 5.73 Å². The second-order valence-electron chi connectivity index (χ2n) is 13.7. The SMILES string of the molecule is CC/C=C\C/C=C\C/C=C\C/C=C\CCC(=O)OC(COC(=O)CCCCCCCCC/C=C\CCCCCCCCC)COP(=O)(O)OCC(N)C(=O)O. The molecular weight excluding hydrogens is 721 g/mol. The average Bonchev–Trinajstić information content (AvgIpc) is 3.16. The van der Waals surface area contributed by atoms with Gasteiger partial charge in [0.05, 0.1) is 13.2 Å². The highest BCUT2D eigenvalue weighted by Crippen LogP contribution is 2.43. The number of phosphoric acid groups is 1. The van der Waals surface area contributed by atoms with Crippen molar-refractivity contribution in [1.82, 2.24) is 0 Å². The van der Waals surface area contributed by atoms with Gasteiger partial charge in [-0.1, -0.05) is 145 Å². The fourth-order valence-electron chi connectivity index (χ4n) is 5.25. The van der Waals surface area contributed by atoms with Crippen molar-refractivity contribution in [3.05, 3.63) is 60.8 Å². The van der Waals surface area contributed by atoms with Crippen LogP contribution in [0.2, 0.25) is 0 Å². The normalized spacial score (nSPS) is 14.4. The molecule has 4 N–H and O–H groups in total. The van der Waals surface area contributed by atoms with Gasteiger partial charge >= 0.3 is 25.7 Å². The number of hydrogen-bond donors (Lipinski definition) is 3. The van der Waals surface area contributed by atoms with Crippen LogP contribution in [0.15, 0.2) is 60.8 Å². The Labute approximate surface area is 332 Å². The zero-order valence-electron chi connectivity index (χ0n) is 34.0. The van der Waals surface area contributed by atoms with E-state index in [1.165, 1.54) is 70.6 Å². The van der Waals surface area contributed by atoms with Crippen LogP contribution in [0, 0.1) is 0 Å². The van der Waals surface area contributed by atoms with E-state index in [-0.39, 0.29) is 19.4 Å². The standard InChI is InChI=1S/C43H74NO10P/c1-3-5-7-9-11-13-15-17-18-19-20-21-23-24-26-28-30-32-34-41(45)51-36-39(37-52-55(49,50)53-38-40(44)43(47)48)54-42(46)35-33-31-29-27-25-22-16-14-12-10-8-6-4-2/h6,8,12,14,18-19,22,25,29,31,39-40H,3-5,7,9-11,13,15-17,20-21,23-24,26-28,30,32-38,44H2,1-2H3,(H,47,48)(H,49,50)/b8-6-,14-12-,19-18-,25-22-,31-29-. The van der Waals surface area contributed by atoms with E-state index in [1.807, 2.05) is 18.2 Å². The molecule has 316 valence electrons. The largest absolute Gasteiger partial charge is 0.480 e. The molecule has 0 aromatic carbocycles. The van der Waals surface area contributed by atoms with Crippen molar-refractivity contribution in [3.8, 4) is 0 Å². The minimum Gasteiger partial charge on any atom is -0.480 e. The minimum absolute atomic E-state index is 0.0371. The lowest BCUT2D eigenvalue weighted by atomic mass is 10.1. The van der Waals surface area contributed by atoms with E-state index in [2.05, 4.69) is 60.9 Å². The van der Waals surface area contributed by atoms with Gasteiger partial charge in [0, 0.05) is 12.8 Å². The lowest BCUT2D eigenvalue weighted by Crippen LogP contribution is -2.34. The Balaban J connectivity index is 4.45. The highest BCUT2D eigenvalue weighted by atomic mass is 31.2. The van der Waals surface area contributed by atoms with E-state index in [1.54, 1.807) is 0 Å². The van der Waals surface area contributed by atoms with Gasteiger partial charge < -0.3 is 25.2 Å². The van der Waals surface area contributed by atoms with Gasteiger partial charge in [-0.3, -0.25) is 23.4 Å². The average molecular weight is 796 g/mol. The number of carboxylic acid groups (broad SMARTS) is 1. The molecule has 0 saturated carbocycles. The van der Waals surface area contributed by atoms with Gasteiger partial charge in [-0.05, 0) is 64.2 Å². The van der Waals surface area contributed by atoms with E-state index >= 15 is 0 Å². The van der Waals surface area contributed by atoms with Gasteiger partial charge in [0.2, 0.25) is 0 Å². The van der Waals surface area contributed by atoms with Crippen LogP contribution in [0.25, 0.3) is 0 Å². The summed E-state index contributed by atoms with van der Waals surface area (Å²) in [6.45, 7) is 2.59. The van der Waals surface area contributed by atoms with E-state index < -0.39 is 51.1 Å². The van der Waals surface area contributed by atoms with Crippen molar-refractivity contribution in [3.63, 3.8) is 0 Å². The van der Waals surface area contributed by atoms with E-state index in [9.17, 15) is 23.8 Å². The van der Waals surface area contributed by atoms with Crippen molar-refractivity contribution in [1.29, 1.82) is 0 Å². The van der Waals surface area contributed by atoms with Crippen LogP contribution in [0.3, 0.4) is 0 Å². The zero-order valence-corrected chi connectivity index (χ0v) is 34.9. The third-order valence-electron chi connectivity index (χ3n) is 8.51. The number of allylic oxidation sites excluding steroid dienone is 10. The summed E-state index contributed by atoms with van der Waals surface area (Å²) in [5.41, 5.74) is 5.32. The number of carbonyl (C=O) groups is 3. The van der Waals surface area contributed by atoms with Crippen molar-refractivity contribution < 1.29 is 47.5 Å². The molecule has 3 unspecified atom stereocenters. The summed E-state index contributed by atoms with van der Waals surface area (Å²) >= 11 is 0.